The minimum atomic E-state index is -0.770. The van der Waals surface area contributed by atoms with Crippen LogP contribution in [-0.2, 0) is 11.2 Å². The van der Waals surface area contributed by atoms with Crippen molar-refractivity contribution in [2.24, 2.45) is 0 Å². The minimum Gasteiger partial charge on any atom is -0.481 e. The Morgan fingerprint density at radius 2 is 2.55 bits per heavy atom. The molecule has 0 bridgehead atoms. The van der Waals surface area contributed by atoms with Gasteiger partial charge < -0.3 is 9.52 Å². The van der Waals surface area contributed by atoms with Crippen LogP contribution in [-0.4, -0.2) is 16.1 Å². The number of carboxylic acids is 1. The van der Waals surface area contributed by atoms with E-state index >= 15 is 0 Å². The summed E-state index contributed by atoms with van der Waals surface area (Å²) in [6.45, 7) is 0. The molecule has 1 heterocycles. The molecule has 0 atom stereocenters. The molecule has 0 fully saturated rings. The molecule has 0 saturated carbocycles. The predicted octanol–water partition coefficient (Wildman–Crippen LogP) is 1.08. The van der Waals surface area contributed by atoms with Gasteiger partial charge in [-0.05, 0) is 12.8 Å². The summed E-state index contributed by atoms with van der Waals surface area (Å²) in [5, 5.41) is 8.30. The zero-order valence-corrected chi connectivity index (χ0v) is 5.99. The Hall–Kier alpha value is -1.32. The smallest absolute Gasteiger partial charge is 0.303 e. The second kappa shape index (κ2) is 3.75. The lowest BCUT2D eigenvalue weighted by Crippen LogP contribution is -1.95. The van der Waals surface area contributed by atoms with Gasteiger partial charge in [0.25, 0.3) is 0 Å². The number of nitrogens with zero attached hydrogens (tertiary/aromatic N) is 1. The van der Waals surface area contributed by atoms with Gasteiger partial charge >= 0.3 is 5.97 Å². The lowest BCUT2D eigenvalue weighted by atomic mass is 10.2. The molecule has 0 unspecified atom stereocenters. The van der Waals surface area contributed by atoms with Crippen molar-refractivity contribution in [3.8, 4) is 0 Å². The van der Waals surface area contributed by atoms with Gasteiger partial charge in [-0.25, -0.2) is 4.98 Å². The van der Waals surface area contributed by atoms with Gasteiger partial charge in [-0.1, -0.05) is 0 Å². The fourth-order valence-electron chi connectivity index (χ4n) is 0.782. The van der Waals surface area contributed by atoms with Crippen molar-refractivity contribution in [3.63, 3.8) is 0 Å². The molecule has 0 spiro atoms. The molecule has 0 aromatic carbocycles. The summed E-state index contributed by atoms with van der Waals surface area (Å²) >= 11 is 0. The fraction of sp³-hybridized carbons (Fsp3) is 0.429. The molecular weight excluding hydrogens is 146 g/mol. The normalized spacial score (nSPS) is 9.82. The van der Waals surface area contributed by atoms with Gasteiger partial charge in [-0.3, -0.25) is 4.79 Å². The third-order valence-electron chi connectivity index (χ3n) is 1.31. The van der Waals surface area contributed by atoms with E-state index in [4.69, 9.17) is 9.52 Å². The summed E-state index contributed by atoms with van der Waals surface area (Å²) in [5.41, 5.74) is 0.811. The van der Waals surface area contributed by atoms with Crippen molar-refractivity contribution >= 4 is 5.97 Å². The maximum Gasteiger partial charge on any atom is 0.303 e. The Labute approximate surface area is 63.9 Å². The van der Waals surface area contributed by atoms with E-state index in [2.05, 4.69) is 4.98 Å². The van der Waals surface area contributed by atoms with Crippen LogP contribution >= 0.6 is 0 Å². The van der Waals surface area contributed by atoms with Crippen LogP contribution in [0, 0.1) is 0 Å². The van der Waals surface area contributed by atoms with E-state index in [1.165, 1.54) is 12.7 Å². The first-order chi connectivity index (χ1) is 5.29. The molecule has 1 aromatic rings. The third kappa shape index (κ3) is 2.84. The van der Waals surface area contributed by atoms with Crippen LogP contribution < -0.4 is 0 Å². The lowest BCUT2D eigenvalue weighted by molar-refractivity contribution is -0.137. The minimum absolute atomic E-state index is 0.187. The molecule has 1 rings (SSSR count). The van der Waals surface area contributed by atoms with Gasteiger partial charge in [0.05, 0.1) is 5.69 Å². The van der Waals surface area contributed by atoms with Crippen molar-refractivity contribution in [2.75, 3.05) is 0 Å². The Bertz CT molecular complexity index is 218. The molecule has 4 heteroatoms. The van der Waals surface area contributed by atoms with Crippen molar-refractivity contribution in [1.82, 2.24) is 4.98 Å². The number of hydrogen-bond acceptors (Lipinski definition) is 3. The predicted molar refractivity (Wildman–Crippen MR) is 37.1 cm³/mol. The molecule has 0 aliphatic heterocycles. The van der Waals surface area contributed by atoms with Gasteiger partial charge in [0.1, 0.15) is 6.26 Å². The molecule has 1 aromatic heterocycles. The van der Waals surface area contributed by atoms with Crippen molar-refractivity contribution in [2.45, 2.75) is 19.3 Å². The molecule has 0 amide bonds. The molecule has 4 nitrogen and oxygen atoms in total. The molecule has 0 radical (unpaired) electrons. The Morgan fingerprint density at radius 3 is 3.09 bits per heavy atom. The van der Waals surface area contributed by atoms with Gasteiger partial charge in [0, 0.05) is 6.42 Å². The molecule has 60 valence electrons. The number of aryl methyl sites for hydroxylation is 1. The zero-order valence-electron chi connectivity index (χ0n) is 5.99. The number of carbonyl (C=O) groups is 1. The van der Waals surface area contributed by atoms with E-state index in [1.54, 1.807) is 0 Å². The fourth-order valence-corrected chi connectivity index (χ4v) is 0.782. The first kappa shape index (κ1) is 7.78. The zero-order chi connectivity index (χ0) is 8.10. The molecule has 11 heavy (non-hydrogen) atoms. The third-order valence-corrected chi connectivity index (χ3v) is 1.31. The highest BCUT2D eigenvalue weighted by Crippen LogP contribution is 2.01. The Balaban J connectivity index is 2.19. The van der Waals surface area contributed by atoms with Crippen LogP contribution in [0.1, 0.15) is 18.5 Å². The average molecular weight is 155 g/mol. The number of carboxylic acid groups (broad SMARTS) is 1. The topological polar surface area (TPSA) is 63.3 Å². The highest BCUT2D eigenvalue weighted by atomic mass is 16.4. The maximum absolute atomic E-state index is 10.1. The van der Waals surface area contributed by atoms with E-state index in [1.807, 2.05) is 0 Å². The van der Waals surface area contributed by atoms with Crippen molar-refractivity contribution < 1.29 is 14.3 Å². The first-order valence-electron chi connectivity index (χ1n) is 3.38. The maximum atomic E-state index is 10.1. The van der Waals surface area contributed by atoms with Gasteiger partial charge in [-0.2, -0.15) is 0 Å². The van der Waals surface area contributed by atoms with Gasteiger partial charge in [0.2, 0.25) is 0 Å². The second-order valence-corrected chi connectivity index (χ2v) is 2.23. The number of aromatic nitrogens is 1. The average Bonchev–Trinajstić information content (AvgIpc) is 2.39. The largest absolute Gasteiger partial charge is 0.481 e. The van der Waals surface area contributed by atoms with Crippen LogP contribution in [0.5, 0.6) is 0 Å². The number of aliphatic carboxylic acids is 1. The van der Waals surface area contributed by atoms with Crippen LogP contribution in [0.4, 0.5) is 0 Å². The monoisotopic (exact) mass is 155 g/mol. The molecular formula is C7H9NO3. The quantitative estimate of drug-likeness (QED) is 0.706. The van der Waals surface area contributed by atoms with Crippen LogP contribution in [0.15, 0.2) is 17.1 Å². The van der Waals surface area contributed by atoms with Crippen LogP contribution in [0.3, 0.4) is 0 Å². The van der Waals surface area contributed by atoms with E-state index in [9.17, 15) is 4.79 Å². The summed E-state index contributed by atoms with van der Waals surface area (Å²) in [5.74, 6) is -0.770. The summed E-state index contributed by atoms with van der Waals surface area (Å²) in [6, 6.07) is 0. The Morgan fingerprint density at radius 1 is 1.73 bits per heavy atom. The molecule has 1 N–H and O–H groups in total. The van der Waals surface area contributed by atoms with Crippen molar-refractivity contribution in [3.05, 3.63) is 18.4 Å². The lowest BCUT2D eigenvalue weighted by Gasteiger charge is -1.91. The second-order valence-electron chi connectivity index (χ2n) is 2.23. The number of rotatable bonds is 4. The number of hydrogen-bond donors (Lipinski definition) is 1. The Kier molecular flexibility index (Phi) is 2.66. The molecule has 0 saturated heterocycles. The van der Waals surface area contributed by atoms with E-state index in [0.29, 0.717) is 12.8 Å². The summed E-state index contributed by atoms with van der Waals surface area (Å²) in [6.07, 6.45) is 4.34. The number of oxazole rings is 1. The van der Waals surface area contributed by atoms with Gasteiger partial charge in [0.15, 0.2) is 6.39 Å². The van der Waals surface area contributed by atoms with E-state index < -0.39 is 5.97 Å². The van der Waals surface area contributed by atoms with E-state index in [-0.39, 0.29) is 6.42 Å². The van der Waals surface area contributed by atoms with Crippen LogP contribution in [0.25, 0.3) is 0 Å². The van der Waals surface area contributed by atoms with Crippen LogP contribution in [0.2, 0.25) is 0 Å². The summed E-state index contributed by atoms with van der Waals surface area (Å²) < 4.78 is 4.71. The van der Waals surface area contributed by atoms with Gasteiger partial charge in [-0.15, -0.1) is 0 Å². The standard InChI is InChI=1S/C7H9NO3/c9-7(10)3-1-2-6-4-11-5-8-6/h4-5H,1-3H2,(H,9,10). The first-order valence-corrected chi connectivity index (χ1v) is 3.38. The summed E-state index contributed by atoms with van der Waals surface area (Å²) in [7, 11) is 0. The SMILES string of the molecule is O=C(O)CCCc1cocn1. The summed E-state index contributed by atoms with van der Waals surface area (Å²) in [4.78, 5) is 13.9. The van der Waals surface area contributed by atoms with E-state index in [0.717, 1.165) is 5.69 Å². The van der Waals surface area contributed by atoms with Crippen molar-refractivity contribution in [1.29, 1.82) is 0 Å². The molecule has 0 aliphatic rings. The molecule has 0 aliphatic carbocycles. The highest BCUT2D eigenvalue weighted by molar-refractivity contribution is 5.66. The highest BCUT2D eigenvalue weighted by Gasteiger charge is 1.99.